The molecule has 0 atom stereocenters. The van der Waals surface area contributed by atoms with Crippen molar-refractivity contribution in [2.75, 3.05) is 9.80 Å². The Kier molecular flexibility index (Phi) is 8.65. The second-order valence-electron chi connectivity index (χ2n) is 16.7. The minimum absolute atomic E-state index is 1.12. The smallest absolute Gasteiger partial charge is 0.0775 e. The Morgan fingerprint density at radius 3 is 1.31 bits per heavy atom. The third kappa shape index (κ3) is 5.85. The molecule has 0 N–H and O–H groups in total. The largest absolute Gasteiger partial charge is 0.310 e. The quantitative estimate of drug-likeness (QED) is 0.0864. The molecule has 280 valence electrons. The second kappa shape index (κ2) is 14.1. The number of rotatable bonds is 8. The molecule has 0 radical (unpaired) electrons. The molecule has 0 unspecified atom stereocenters. The highest BCUT2D eigenvalue weighted by Crippen LogP contribution is 2.53. The first-order valence-corrected chi connectivity index (χ1v) is 23.9. The van der Waals surface area contributed by atoms with Crippen LogP contribution in [0.5, 0.6) is 0 Å². The normalized spacial score (nSPS) is 11.9. The number of nitrogens with zero attached hydrogens (tertiary/aromatic N) is 2. The molecule has 0 aliphatic rings. The van der Waals surface area contributed by atoms with Crippen molar-refractivity contribution < 1.29 is 0 Å². The van der Waals surface area contributed by atoms with E-state index in [9.17, 15) is 0 Å². The van der Waals surface area contributed by atoms with Gasteiger partial charge in [0.2, 0.25) is 0 Å². The van der Waals surface area contributed by atoms with Crippen LogP contribution < -0.4 is 15.0 Å². The van der Waals surface area contributed by atoms with E-state index >= 15 is 0 Å². The summed E-state index contributed by atoms with van der Waals surface area (Å²) in [4.78, 5) is 4.98. The van der Waals surface area contributed by atoms with Crippen molar-refractivity contribution in [1.82, 2.24) is 0 Å². The monoisotopic (exact) mass is 762 g/mol. The van der Waals surface area contributed by atoms with Gasteiger partial charge in [-0.1, -0.05) is 158 Å². The summed E-state index contributed by atoms with van der Waals surface area (Å²) in [5, 5.41) is 11.7. The molecule has 0 spiro atoms. The summed E-state index contributed by atoms with van der Waals surface area (Å²) < 4.78 is 0. The standard InChI is InChI=1S/C55H46N2Si/c1-37-35-50(56(40-21-11-7-12-22-40)42-29-31-43(32-30-42)58(3,4)5)52-47-26-15-16-27-48(47)53-51(36-38(2)45-34-33-44(37)54(52)55(45)53)57(41-23-13-8-14-24-41)49-28-18-17-25-46(49)39-19-9-6-10-20-39/h6-36H,1-5H3. The lowest BCUT2D eigenvalue weighted by molar-refractivity contribution is 1.29. The van der Waals surface area contributed by atoms with Gasteiger partial charge in [0.15, 0.2) is 0 Å². The zero-order valence-electron chi connectivity index (χ0n) is 33.8. The number of anilines is 6. The first-order valence-electron chi connectivity index (χ1n) is 20.4. The molecule has 2 nitrogen and oxygen atoms in total. The first-order chi connectivity index (χ1) is 28.3. The van der Waals surface area contributed by atoms with Gasteiger partial charge in [0.25, 0.3) is 0 Å². The fourth-order valence-corrected chi connectivity index (χ4v) is 10.4. The summed E-state index contributed by atoms with van der Waals surface area (Å²) in [6, 6.07) is 69.5. The van der Waals surface area contributed by atoms with Crippen molar-refractivity contribution in [3.63, 3.8) is 0 Å². The lowest BCUT2D eigenvalue weighted by Crippen LogP contribution is -2.37. The van der Waals surface area contributed by atoms with E-state index in [1.807, 2.05) is 0 Å². The highest BCUT2D eigenvalue weighted by atomic mass is 28.3. The molecule has 0 aliphatic heterocycles. The van der Waals surface area contributed by atoms with Crippen molar-refractivity contribution in [1.29, 1.82) is 0 Å². The van der Waals surface area contributed by atoms with E-state index in [1.165, 1.54) is 81.9 Å². The third-order valence-electron chi connectivity index (χ3n) is 12.0. The van der Waals surface area contributed by atoms with Gasteiger partial charge in [0.1, 0.15) is 0 Å². The van der Waals surface area contributed by atoms with Gasteiger partial charge in [-0.05, 0) is 107 Å². The van der Waals surface area contributed by atoms with Gasteiger partial charge in [-0.25, -0.2) is 0 Å². The average Bonchev–Trinajstić information content (AvgIpc) is 3.25. The lowest BCUT2D eigenvalue weighted by Gasteiger charge is -2.32. The highest BCUT2D eigenvalue weighted by molar-refractivity contribution is 6.88. The zero-order chi connectivity index (χ0) is 39.5. The third-order valence-corrected chi connectivity index (χ3v) is 14.0. The van der Waals surface area contributed by atoms with Gasteiger partial charge >= 0.3 is 0 Å². The van der Waals surface area contributed by atoms with E-state index < -0.39 is 8.07 Å². The van der Waals surface area contributed by atoms with Crippen molar-refractivity contribution >= 4 is 90.5 Å². The van der Waals surface area contributed by atoms with Crippen LogP contribution in [-0.4, -0.2) is 8.07 Å². The Morgan fingerprint density at radius 2 is 0.776 bits per heavy atom. The maximum atomic E-state index is 2.50. The number of benzene rings is 10. The Labute approximate surface area is 342 Å². The van der Waals surface area contributed by atoms with E-state index in [2.05, 4.69) is 231 Å². The van der Waals surface area contributed by atoms with Gasteiger partial charge in [-0.15, -0.1) is 0 Å². The van der Waals surface area contributed by atoms with Crippen LogP contribution in [0.1, 0.15) is 11.1 Å². The van der Waals surface area contributed by atoms with Crippen LogP contribution in [0.4, 0.5) is 34.1 Å². The van der Waals surface area contributed by atoms with Crippen LogP contribution in [0.2, 0.25) is 19.6 Å². The molecule has 10 rings (SSSR count). The summed E-state index contributed by atoms with van der Waals surface area (Å²) in [5.74, 6) is 0. The van der Waals surface area contributed by atoms with Gasteiger partial charge in [0.05, 0.1) is 25.1 Å². The molecule has 0 aliphatic carbocycles. The average molecular weight is 763 g/mol. The van der Waals surface area contributed by atoms with Crippen molar-refractivity contribution in [2.45, 2.75) is 33.5 Å². The summed E-state index contributed by atoms with van der Waals surface area (Å²) in [5.41, 5.74) is 11.8. The number of hydrogen-bond donors (Lipinski definition) is 0. The molecule has 0 saturated carbocycles. The molecular formula is C55H46N2Si. The Hall–Kier alpha value is -6.68. The molecule has 0 fully saturated rings. The molecule has 58 heavy (non-hydrogen) atoms. The lowest BCUT2D eigenvalue weighted by atomic mass is 9.84. The predicted molar refractivity (Wildman–Crippen MR) is 255 cm³/mol. The van der Waals surface area contributed by atoms with E-state index in [1.54, 1.807) is 0 Å². The van der Waals surface area contributed by atoms with Crippen LogP contribution in [0.3, 0.4) is 0 Å². The Balaban J connectivity index is 1.35. The highest BCUT2D eigenvalue weighted by Gasteiger charge is 2.27. The molecule has 10 aromatic carbocycles. The van der Waals surface area contributed by atoms with E-state index in [0.29, 0.717) is 0 Å². The summed E-state index contributed by atoms with van der Waals surface area (Å²) >= 11 is 0. The molecule has 0 saturated heterocycles. The summed E-state index contributed by atoms with van der Waals surface area (Å²) in [7, 11) is -1.50. The fourth-order valence-electron chi connectivity index (χ4n) is 9.19. The SMILES string of the molecule is Cc1cc(N(c2ccccc2)c2ccc([Si](C)(C)C)cc2)c2c3ccccc3c3c(N(c4ccccc4)c4ccccc4-c4ccccc4)cc(C)c4ccc1c2c43. The van der Waals surface area contributed by atoms with Crippen molar-refractivity contribution in [3.8, 4) is 11.1 Å². The van der Waals surface area contributed by atoms with E-state index in [0.717, 1.165) is 22.7 Å². The van der Waals surface area contributed by atoms with Crippen molar-refractivity contribution in [3.05, 3.63) is 199 Å². The van der Waals surface area contributed by atoms with Crippen LogP contribution >= 0.6 is 0 Å². The molecule has 0 bridgehead atoms. The van der Waals surface area contributed by atoms with Gasteiger partial charge in [0, 0.05) is 44.2 Å². The molecular weight excluding hydrogens is 717 g/mol. The Morgan fingerprint density at radius 1 is 0.345 bits per heavy atom. The summed E-state index contributed by atoms with van der Waals surface area (Å²) in [6.45, 7) is 11.8. The Bertz CT molecular complexity index is 3090. The fraction of sp³-hybridized carbons (Fsp3) is 0.0909. The van der Waals surface area contributed by atoms with Crippen LogP contribution in [0, 0.1) is 13.8 Å². The van der Waals surface area contributed by atoms with E-state index in [-0.39, 0.29) is 0 Å². The molecule has 3 heteroatoms. The van der Waals surface area contributed by atoms with E-state index in [4.69, 9.17) is 0 Å². The molecule has 0 aromatic heterocycles. The number of hydrogen-bond acceptors (Lipinski definition) is 2. The second-order valence-corrected chi connectivity index (χ2v) is 21.7. The van der Waals surface area contributed by atoms with Crippen LogP contribution in [-0.2, 0) is 0 Å². The molecule has 0 amide bonds. The molecule has 10 aromatic rings. The number of aryl methyl sites for hydroxylation is 2. The topological polar surface area (TPSA) is 6.48 Å². The first kappa shape index (κ1) is 35.7. The number of para-hydroxylation sites is 3. The minimum Gasteiger partial charge on any atom is -0.310 e. The minimum atomic E-state index is -1.50. The van der Waals surface area contributed by atoms with Gasteiger partial charge in [-0.3, -0.25) is 0 Å². The maximum absolute atomic E-state index is 2.50. The van der Waals surface area contributed by atoms with Gasteiger partial charge < -0.3 is 9.80 Å². The summed E-state index contributed by atoms with van der Waals surface area (Å²) in [6.07, 6.45) is 0. The zero-order valence-corrected chi connectivity index (χ0v) is 34.8. The number of fused-ring (bicyclic) bond motifs is 3. The van der Waals surface area contributed by atoms with Gasteiger partial charge in [-0.2, -0.15) is 0 Å². The van der Waals surface area contributed by atoms with Crippen LogP contribution in [0.25, 0.3) is 54.2 Å². The molecule has 0 heterocycles. The maximum Gasteiger partial charge on any atom is 0.0775 e. The predicted octanol–water partition coefficient (Wildman–Crippen LogP) is 15.5. The van der Waals surface area contributed by atoms with Crippen molar-refractivity contribution in [2.24, 2.45) is 0 Å². The van der Waals surface area contributed by atoms with Crippen LogP contribution in [0.15, 0.2) is 188 Å².